The van der Waals surface area contributed by atoms with E-state index in [0.717, 1.165) is 47.7 Å². The predicted octanol–water partition coefficient (Wildman–Crippen LogP) is 3.93. The molecular formula is C24H22N4O2. The summed E-state index contributed by atoms with van der Waals surface area (Å²) in [5, 5.41) is 12.8. The van der Waals surface area contributed by atoms with Gasteiger partial charge < -0.3 is 5.32 Å². The molecule has 0 unspecified atom stereocenters. The van der Waals surface area contributed by atoms with Crippen LogP contribution in [0.2, 0.25) is 0 Å². The second kappa shape index (κ2) is 7.71. The molecule has 2 heterocycles. The minimum atomic E-state index is -0.154. The van der Waals surface area contributed by atoms with Crippen LogP contribution in [0.15, 0.2) is 65.5 Å². The maximum absolute atomic E-state index is 12.7. The van der Waals surface area contributed by atoms with Crippen molar-refractivity contribution in [1.29, 1.82) is 0 Å². The third-order valence-electron chi connectivity index (χ3n) is 6.01. The number of para-hydroxylation sites is 1. The van der Waals surface area contributed by atoms with Gasteiger partial charge >= 0.3 is 0 Å². The summed E-state index contributed by atoms with van der Waals surface area (Å²) in [6, 6.07) is 19.2. The zero-order valence-corrected chi connectivity index (χ0v) is 16.5. The molecule has 1 amide bonds. The highest BCUT2D eigenvalue weighted by atomic mass is 16.2. The lowest BCUT2D eigenvalue weighted by Gasteiger charge is -2.29. The van der Waals surface area contributed by atoms with Gasteiger partial charge in [-0.1, -0.05) is 42.5 Å². The first-order valence-corrected chi connectivity index (χ1v) is 10.3. The van der Waals surface area contributed by atoms with Crippen LogP contribution in [0, 0.1) is 0 Å². The molecule has 0 radical (unpaired) electrons. The average molecular weight is 398 g/mol. The lowest BCUT2D eigenvalue weighted by Crippen LogP contribution is -2.37. The Bertz CT molecular complexity index is 1290. The molecule has 150 valence electrons. The summed E-state index contributed by atoms with van der Waals surface area (Å²) in [6.07, 6.45) is 3.58. The highest BCUT2D eigenvalue weighted by molar-refractivity contribution is 5.95. The summed E-state index contributed by atoms with van der Waals surface area (Å²) >= 11 is 0. The second-order valence-corrected chi connectivity index (χ2v) is 7.89. The number of benzene rings is 2. The number of fused-ring (bicyclic) bond motifs is 2. The van der Waals surface area contributed by atoms with Crippen LogP contribution in [0.3, 0.4) is 0 Å². The molecule has 4 aromatic rings. The van der Waals surface area contributed by atoms with Crippen LogP contribution in [-0.2, 0) is 0 Å². The van der Waals surface area contributed by atoms with Crippen LogP contribution in [0.1, 0.15) is 47.8 Å². The number of hydrogen-bond donors (Lipinski definition) is 2. The average Bonchev–Trinajstić information content (AvgIpc) is 2.80. The highest BCUT2D eigenvalue weighted by Crippen LogP contribution is 2.34. The first-order valence-electron chi connectivity index (χ1n) is 10.3. The fourth-order valence-electron chi connectivity index (χ4n) is 4.41. The maximum Gasteiger partial charge on any atom is 0.272 e. The van der Waals surface area contributed by atoms with Crippen molar-refractivity contribution in [3.8, 4) is 0 Å². The SMILES string of the molecule is O=C(NC1CCC(c2n[nH]c(=O)c3ccccc23)CC1)c1ccc2ccccc2n1. The summed E-state index contributed by atoms with van der Waals surface area (Å²) in [5.41, 5.74) is 2.07. The molecule has 30 heavy (non-hydrogen) atoms. The van der Waals surface area contributed by atoms with Crippen molar-refractivity contribution in [2.45, 2.75) is 37.6 Å². The predicted molar refractivity (Wildman–Crippen MR) is 117 cm³/mol. The van der Waals surface area contributed by atoms with Crippen molar-refractivity contribution in [3.05, 3.63) is 82.4 Å². The minimum absolute atomic E-state index is 0.121. The Kier molecular flexibility index (Phi) is 4.75. The molecular weight excluding hydrogens is 376 g/mol. The Hall–Kier alpha value is -3.54. The number of hydrogen-bond acceptors (Lipinski definition) is 4. The molecule has 1 aliphatic rings. The molecule has 2 aromatic carbocycles. The molecule has 2 aromatic heterocycles. The molecule has 0 atom stereocenters. The van der Waals surface area contributed by atoms with E-state index < -0.39 is 0 Å². The van der Waals surface area contributed by atoms with Gasteiger partial charge in [-0.25, -0.2) is 10.1 Å². The van der Waals surface area contributed by atoms with Crippen molar-refractivity contribution < 1.29 is 4.79 Å². The molecule has 0 spiro atoms. The van der Waals surface area contributed by atoms with Gasteiger partial charge in [-0.15, -0.1) is 0 Å². The number of aromatic nitrogens is 3. The molecule has 6 nitrogen and oxygen atoms in total. The zero-order chi connectivity index (χ0) is 20.5. The van der Waals surface area contributed by atoms with E-state index in [4.69, 9.17) is 0 Å². The number of amides is 1. The van der Waals surface area contributed by atoms with Crippen molar-refractivity contribution in [3.63, 3.8) is 0 Å². The van der Waals surface area contributed by atoms with Crippen LogP contribution < -0.4 is 10.9 Å². The number of carbonyl (C=O) groups excluding carboxylic acids is 1. The number of nitrogens with zero attached hydrogens (tertiary/aromatic N) is 2. The largest absolute Gasteiger partial charge is 0.348 e. The quantitative estimate of drug-likeness (QED) is 0.547. The molecule has 1 fully saturated rings. The van der Waals surface area contributed by atoms with E-state index in [1.54, 1.807) is 6.07 Å². The highest BCUT2D eigenvalue weighted by Gasteiger charge is 2.26. The molecule has 2 N–H and O–H groups in total. The number of H-pyrrole nitrogens is 1. The van der Waals surface area contributed by atoms with E-state index in [1.165, 1.54) is 0 Å². The van der Waals surface area contributed by atoms with Crippen LogP contribution in [-0.4, -0.2) is 27.1 Å². The Balaban J connectivity index is 1.28. The maximum atomic E-state index is 12.7. The standard InChI is InChI=1S/C24H22N4O2/c29-23-19-7-3-2-6-18(19)22(27-28-23)16-9-12-17(13-10-16)25-24(30)21-14-11-15-5-1-4-8-20(15)26-21/h1-8,11,14,16-17H,9-10,12-13H2,(H,25,30)(H,28,29). The molecule has 0 bridgehead atoms. The molecule has 0 aliphatic heterocycles. The molecule has 5 rings (SSSR count). The number of carbonyl (C=O) groups is 1. The lowest BCUT2D eigenvalue weighted by molar-refractivity contribution is 0.0921. The summed E-state index contributed by atoms with van der Waals surface area (Å²) in [7, 11) is 0. The van der Waals surface area contributed by atoms with Crippen LogP contribution >= 0.6 is 0 Å². The van der Waals surface area contributed by atoms with Gasteiger partial charge in [0.1, 0.15) is 5.69 Å². The summed E-state index contributed by atoms with van der Waals surface area (Å²) in [6.45, 7) is 0. The lowest BCUT2D eigenvalue weighted by atomic mass is 9.82. The van der Waals surface area contributed by atoms with E-state index in [2.05, 4.69) is 20.5 Å². The Labute approximate surface area is 173 Å². The number of aromatic amines is 1. The van der Waals surface area contributed by atoms with E-state index in [0.29, 0.717) is 11.1 Å². The first-order chi connectivity index (χ1) is 14.7. The van der Waals surface area contributed by atoms with Gasteiger partial charge in [0.2, 0.25) is 0 Å². The smallest absolute Gasteiger partial charge is 0.272 e. The molecule has 1 saturated carbocycles. The summed E-state index contributed by atoms with van der Waals surface area (Å²) in [4.78, 5) is 29.2. The van der Waals surface area contributed by atoms with E-state index in [9.17, 15) is 9.59 Å². The van der Waals surface area contributed by atoms with Crippen LogP contribution in [0.4, 0.5) is 0 Å². The van der Waals surface area contributed by atoms with Gasteiger partial charge in [0.15, 0.2) is 0 Å². The van der Waals surface area contributed by atoms with Gasteiger partial charge in [-0.2, -0.15) is 5.10 Å². The molecule has 6 heteroatoms. The van der Waals surface area contributed by atoms with Crippen LogP contribution in [0.25, 0.3) is 21.7 Å². The number of nitrogens with one attached hydrogen (secondary N) is 2. The third kappa shape index (κ3) is 3.45. The summed E-state index contributed by atoms with van der Waals surface area (Å²) < 4.78 is 0. The Morgan fingerprint density at radius 2 is 1.63 bits per heavy atom. The molecule has 0 saturated heterocycles. The molecule has 1 aliphatic carbocycles. The van der Waals surface area contributed by atoms with Gasteiger partial charge in [0.05, 0.1) is 16.6 Å². The van der Waals surface area contributed by atoms with Gasteiger partial charge in [-0.3, -0.25) is 9.59 Å². The van der Waals surface area contributed by atoms with Gasteiger partial charge in [0.25, 0.3) is 11.5 Å². The van der Waals surface area contributed by atoms with Gasteiger partial charge in [0, 0.05) is 22.7 Å². The zero-order valence-electron chi connectivity index (χ0n) is 16.5. The van der Waals surface area contributed by atoms with Crippen molar-refractivity contribution in [2.24, 2.45) is 0 Å². The van der Waals surface area contributed by atoms with Crippen molar-refractivity contribution >= 4 is 27.6 Å². The number of rotatable bonds is 3. The summed E-state index contributed by atoms with van der Waals surface area (Å²) in [5.74, 6) is 0.149. The Morgan fingerprint density at radius 1 is 0.900 bits per heavy atom. The third-order valence-corrected chi connectivity index (χ3v) is 6.01. The number of pyridine rings is 1. The fraction of sp³-hybridized carbons (Fsp3) is 0.250. The Morgan fingerprint density at radius 3 is 2.47 bits per heavy atom. The second-order valence-electron chi connectivity index (χ2n) is 7.89. The minimum Gasteiger partial charge on any atom is -0.348 e. The van der Waals surface area contributed by atoms with Crippen LogP contribution in [0.5, 0.6) is 0 Å². The fourth-order valence-corrected chi connectivity index (χ4v) is 4.41. The normalized spacial score (nSPS) is 19.1. The topological polar surface area (TPSA) is 87.7 Å². The first kappa shape index (κ1) is 18.5. The van der Waals surface area contributed by atoms with Crippen molar-refractivity contribution in [2.75, 3.05) is 0 Å². The van der Waals surface area contributed by atoms with E-state index in [-0.39, 0.29) is 23.4 Å². The van der Waals surface area contributed by atoms with E-state index in [1.807, 2.05) is 54.6 Å². The van der Waals surface area contributed by atoms with Crippen molar-refractivity contribution in [1.82, 2.24) is 20.5 Å². The van der Waals surface area contributed by atoms with E-state index >= 15 is 0 Å². The van der Waals surface area contributed by atoms with Gasteiger partial charge in [-0.05, 0) is 43.9 Å². The monoisotopic (exact) mass is 398 g/mol.